The van der Waals surface area contributed by atoms with Crippen LogP contribution in [0.4, 0.5) is 5.69 Å². The van der Waals surface area contributed by atoms with Crippen molar-refractivity contribution in [3.8, 4) is 16.9 Å². The van der Waals surface area contributed by atoms with Gasteiger partial charge >= 0.3 is 0 Å². The second kappa shape index (κ2) is 8.29. The third kappa shape index (κ3) is 3.59. The van der Waals surface area contributed by atoms with Crippen LogP contribution < -0.4 is 5.73 Å². The second-order valence-electron chi connectivity index (χ2n) is 7.97. The molecule has 0 bridgehead atoms. The van der Waals surface area contributed by atoms with Crippen molar-refractivity contribution in [1.82, 2.24) is 14.7 Å². The van der Waals surface area contributed by atoms with E-state index >= 15 is 0 Å². The molecule has 3 amide bonds. The molecule has 1 aromatic heterocycles. The molecule has 7 heteroatoms. The molecule has 0 spiro atoms. The zero-order valence-corrected chi connectivity index (χ0v) is 18.3. The van der Waals surface area contributed by atoms with Crippen molar-refractivity contribution >= 4 is 29.5 Å². The van der Waals surface area contributed by atoms with E-state index in [2.05, 4.69) is 0 Å². The maximum Gasteiger partial charge on any atom is 0.270 e. The molecule has 5 rings (SSSR count). The number of aryl methyl sites for hydroxylation is 1. The number of anilines is 1. The molecule has 0 saturated carbocycles. The molecule has 0 saturated heterocycles. The van der Waals surface area contributed by atoms with E-state index in [1.807, 2.05) is 61.5 Å². The number of carbonyl (C=O) groups excluding carboxylic acids is 3. The Hall–Kier alpha value is -4.78. The largest absolute Gasteiger partial charge is 0.398 e. The molecule has 0 fully saturated rings. The van der Waals surface area contributed by atoms with Gasteiger partial charge in [0, 0.05) is 29.1 Å². The van der Waals surface area contributed by atoms with Crippen LogP contribution in [0, 0.1) is 6.92 Å². The number of imide groups is 3. The van der Waals surface area contributed by atoms with Gasteiger partial charge in [-0.1, -0.05) is 54.1 Å². The molecular weight excluding hydrogens is 428 g/mol. The molecule has 0 aliphatic carbocycles. The monoisotopic (exact) mass is 448 g/mol. The fraction of sp³-hybridized carbons (Fsp3) is 0.0370. The zero-order chi connectivity index (χ0) is 23.8. The number of nitrogens with zero attached hydrogens (tertiary/aromatic N) is 3. The first-order valence-corrected chi connectivity index (χ1v) is 10.7. The molecular formula is C27H20N4O3. The lowest BCUT2D eigenvalue weighted by molar-refractivity contribution is -0.121. The lowest BCUT2D eigenvalue weighted by Crippen LogP contribution is -2.34. The van der Waals surface area contributed by atoms with Crippen molar-refractivity contribution in [3.63, 3.8) is 0 Å². The van der Waals surface area contributed by atoms with Gasteiger partial charge in [-0.2, -0.15) is 5.10 Å². The van der Waals surface area contributed by atoms with Crippen LogP contribution in [0.25, 0.3) is 23.0 Å². The number of nitrogens with two attached hydrogens (primary N) is 1. The molecule has 4 aromatic rings. The summed E-state index contributed by atoms with van der Waals surface area (Å²) in [6, 6.07) is 22.1. The van der Waals surface area contributed by atoms with Gasteiger partial charge in [0.1, 0.15) is 0 Å². The lowest BCUT2D eigenvalue weighted by Gasteiger charge is -2.08. The summed E-state index contributed by atoms with van der Waals surface area (Å²) in [5, 5.41) is 4.72. The first-order chi connectivity index (χ1) is 16.4. The van der Waals surface area contributed by atoms with E-state index in [0.29, 0.717) is 16.2 Å². The standard InChI is InChI=1S/C27H20N4O3/c1-17-10-12-18(13-11-17)25-19(16-30(29-25)20-6-3-2-4-7-20)14-15-23(32)31-26(33)21-8-5-9-22(28)24(21)27(31)34/h2-16H,28H2,1H3. The highest BCUT2D eigenvalue weighted by molar-refractivity contribution is 6.32. The van der Waals surface area contributed by atoms with Crippen LogP contribution in [-0.4, -0.2) is 32.4 Å². The number of aromatic nitrogens is 2. The maximum atomic E-state index is 12.9. The highest BCUT2D eigenvalue weighted by Gasteiger charge is 2.40. The van der Waals surface area contributed by atoms with Crippen LogP contribution in [0.15, 0.2) is 85.1 Å². The molecule has 2 heterocycles. The van der Waals surface area contributed by atoms with E-state index in [0.717, 1.165) is 16.8 Å². The molecule has 166 valence electrons. The van der Waals surface area contributed by atoms with Crippen molar-refractivity contribution < 1.29 is 14.4 Å². The number of fused-ring (bicyclic) bond motifs is 1. The number of rotatable bonds is 4. The van der Waals surface area contributed by atoms with E-state index in [9.17, 15) is 14.4 Å². The summed E-state index contributed by atoms with van der Waals surface area (Å²) in [5.74, 6) is -2.14. The Morgan fingerprint density at radius 2 is 1.65 bits per heavy atom. The van der Waals surface area contributed by atoms with Crippen molar-refractivity contribution in [2.45, 2.75) is 6.92 Å². The van der Waals surface area contributed by atoms with Gasteiger partial charge in [0.2, 0.25) is 0 Å². The predicted molar refractivity (Wildman–Crippen MR) is 129 cm³/mol. The van der Waals surface area contributed by atoms with Crippen molar-refractivity contribution in [3.05, 3.63) is 107 Å². The SMILES string of the molecule is Cc1ccc(-c2nn(-c3ccccc3)cc2C=CC(=O)N2C(=O)c3cccc(N)c3C2=O)cc1. The van der Waals surface area contributed by atoms with Crippen LogP contribution in [0.5, 0.6) is 0 Å². The van der Waals surface area contributed by atoms with Gasteiger partial charge in [-0.3, -0.25) is 14.4 Å². The van der Waals surface area contributed by atoms with Gasteiger partial charge in [0.15, 0.2) is 0 Å². The molecule has 1 aliphatic heterocycles. The van der Waals surface area contributed by atoms with E-state index in [-0.39, 0.29) is 16.8 Å². The Bertz CT molecular complexity index is 1470. The first-order valence-electron chi connectivity index (χ1n) is 10.7. The summed E-state index contributed by atoms with van der Waals surface area (Å²) in [7, 11) is 0. The Kier molecular flexibility index (Phi) is 5.14. The molecule has 0 atom stereocenters. The summed E-state index contributed by atoms with van der Waals surface area (Å²) in [6.45, 7) is 2.00. The Morgan fingerprint density at radius 3 is 2.35 bits per heavy atom. The van der Waals surface area contributed by atoms with E-state index in [1.54, 1.807) is 23.0 Å². The van der Waals surface area contributed by atoms with Gasteiger partial charge in [0.25, 0.3) is 17.7 Å². The topological polar surface area (TPSA) is 98.3 Å². The van der Waals surface area contributed by atoms with Crippen molar-refractivity contribution in [2.24, 2.45) is 0 Å². The first kappa shape index (κ1) is 21.1. The fourth-order valence-corrected chi connectivity index (χ4v) is 3.91. The summed E-state index contributed by atoms with van der Waals surface area (Å²) in [5.41, 5.74) is 10.4. The second-order valence-corrected chi connectivity index (χ2v) is 7.97. The van der Waals surface area contributed by atoms with E-state index < -0.39 is 17.7 Å². The van der Waals surface area contributed by atoms with Crippen LogP contribution in [-0.2, 0) is 4.79 Å². The van der Waals surface area contributed by atoms with E-state index in [4.69, 9.17) is 10.8 Å². The van der Waals surface area contributed by atoms with Crippen LogP contribution in [0.1, 0.15) is 31.8 Å². The van der Waals surface area contributed by atoms with Gasteiger partial charge in [0.05, 0.1) is 22.5 Å². The van der Waals surface area contributed by atoms with E-state index in [1.165, 1.54) is 18.2 Å². The minimum Gasteiger partial charge on any atom is -0.398 e. The number of nitrogen functional groups attached to an aromatic ring is 1. The van der Waals surface area contributed by atoms with Crippen LogP contribution in [0.3, 0.4) is 0 Å². The average Bonchev–Trinajstić information content (AvgIpc) is 3.38. The normalized spacial score (nSPS) is 13.0. The summed E-state index contributed by atoms with van der Waals surface area (Å²) in [6.07, 6.45) is 4.58. The number of benzene rings is 3. The van der Waals surface area contributed by atoms with Crippen molar-refractivity contribution in [1.29, 1.82) is 0 Å². The molecule has 7 nitrogen and oxygen atoms in total. The highest BCUT2D eigenvalue weighted by atomic mass is 16.2. The van der Waals surface area contributed by atoms with Crippen molar-refractivity contribution in [2.75, 3.05) is 5.73 Å². The minimum atomic E-state index is -0.743. The smallest absolute Gasteiger partial charge is 0.270 e. The number of carbonyl (C=O) groups is 3. The van der Waals surface area contributed by atoms with Crippen LogP contribution in [0.2, 0.25) is 0 Å². The van der Waals surface area contributed by atoms with Gasteiger partial charge < -0.3 is 5.73 Å². The average molecular weight is 448 g/mol. The quantitative estimate of drug-likeness (QED) is 0.286. The Balaban J connectivity index is 1.51. The molecule has 34 heavy (non-hydrogen) atoms. The molecule has 2 N–H and O–H groups in total. The Morgan fingerprint density at radius 1 is 0.912 bits per heavy atom. The number of amides is 3. The van der Waals surface area contributed by atoms with Gasteiger partial charge in [-0.25, -0.2) is 9.58 Å². The fourth-order valence-electron chi connectivity index (χ4n) is 3.91. The predicted octanol–water partition coefficient (Wildman–Crippen LogP) is 4.27. The molecule has 1 aliphatic rings. The summed E-state index contributed by atoms with van der Waals surface area (Å²) in [4.78, 5) is 39.0. The lowest BCUT2D eigenvalue weighted by atomic mass is 10.1. The van der Waals surface area contributed by atoms with Crippen LogP contribution >= 0.6 is 0 Å². The number of para-hydroxylation sites is 1. The summed E-state index contributed by atoms with van der Waals surface area (Å²) < 4.78 is 1.72. The molecule has 0 unspecified atom stereocenters. The zero-order valence-electron chi connectivity index (χ0n) is 18.3. The highest BCUT2D eigenvalue weighted by Crippen LogP contribution is 2.29. The molecule has 0 radical (unpaired) electrons. The molecule has 3 aromatic carbocycles. The van der Waals surface area contributed by atoms with Gasteiger partial charge in [-0.05, 0) is 37.3 Å². The third-order valence-corrected chi connectivity index (χ3v) is 5.66. The minimum absolute atomic E-state index is 0.0616. The summed E-state index contributed by atoms with van der Waals surface area (Å²) >= 11 is 0. The third-order valence-electron chi connectivity index (χ3n) is 5.66. The number of hydrogen-bond acceptors (Lipinski definition) is 5. The maximum absolute atomic E-state index is 12.9. The number of hydrogen-bond donors (Lipinski definition) is 1. The van der Waals surface area contributed by atoms with Gasteiger partial charge in [-0.15, -0.1) is 0 Å². The Labute approximate surface area is 195 Å².